The molecule has 0 spiro atoms. The molecule has 0 aromatic heterocycles. The lowest BCUT2D eigenvalue weighted by Crippen LogP contribution is -2.06. The minimum Gasteiger partial charge on any atom is -0.493 e. The first-order valence-electron chi connectivity index (χ1n) is 7.40. The van der Waals surface area contributed by atoms with Crippen molar-refractivity contribution in [3.05, 3.63) is 47.5 Å². The normalized spacial score (nSPS) is 10.5. The molecule has 2 aromatic rings. The molecule has 24 heavy (non-hydrogen) atoms. The van der Waals surface area contributed by atoms with Crippen LogP contribution in [0.1, 0.15) is 11.1 Å². The van der Waals surface area contributed by atoms with E-state index in [2.05, 4.69) is 10.5 Å². The van der Waals surface area contributed by atoms with E-state index in [0.717, 1.165) is 11.1 Å². The highest BCUT2D eigenvalue weighted by molar-refractivity contribution is 5.80. The lowest BCUT2D eigenvalue weighted by atomic mass is 10.2. The van der Waals surface area contributed by atoms with Gasteiger partial charge >= 0.3 is 0 Å². The number of benzene rings is 2. The fourth-order valence-corrected chi connectivity index (χ4v) is 2.18. The predicted molar refractivity (Wildman–Crippen MR) is 93.5 cm³/mol. The fourth-order valence-electron chi connectivity index (χ4n) is 2.18. The molecular weight excluding hydrogens is 308 g/mol. The molecule has 0 unspecified atom stereocenters. The smallest absolute Gasteiger partial charge is 0.161 e. The average molecular weight is 330 g/mol. The third-order valence-corrected chi connectivity index (χ3v) is 3.44. The Morgan fingerprint density at radius 3 is 2.00 bits per heavy atom. The molecule has 0 aliphatic heterocycles. The van der Waals surface area contributed by atoms with Gasteiger partial charge in [-0.2, -0.15) is 5.10 Å². The average Bonchev–Trinajstić information content (AvgIpc) is 2.64. The van der Waals surface area contributed by atoms with Gasteiger partial charge in [0.2, 0.25) is 0 Å². The van der Waals surface area contributed by atoms with Crippen molar-refractivity contribution in [1.82, 2.24) is 5.43 Å². The van der Waals surface area contributed by atoms with Crippen LogP contribution in [0.25, 0.3) is 0 Å². The number of hydrogen-bond donors (Lipinski definition) is 1. The second kappa shape index (κ2) is 8.67. The quantitative estimate of drug-likeness (QED) is 0.596. The van der Waals surface area contributed by atoms with Crippen LogP contribution in [-0.2, 0) is 6.54 Å². The maximum Gasteiger partial charge on any atom is 0.161 e. The van der Waals surface area contributed by atoms with Crippen molar-refractivity contribution in [3.8, 4) is 23.0 Å². The summed E-state index contributed by atoms with van der Waals surface area (Å²) < 4.78 is 21.0. The highest BCUT2D eigenvalue weighted by atomic mass is 16.5. The molecule has 0 aliphatic rings. The Kier molecular flexibility index (Phi) is 6.31. The van der Waals surface area contributed by atoms with Crippen molar-refractivity contribution >= 4 is 6.21 Å². The first kappa shape index (κ1) is 17.5. The number of hydrogen-bond acceptors (Lipinski definition) is 6. The van der Waals surface area contributed by atoms with Crippen LogP contribution in [0.5, 0.6) is 23.0 Å². The van der Waals surface area contributed by atoms with Crippen molar-refractivity contribution in [3.63, 3.8) is 0 Å². The van der Waals surface area contributed by atoms with Crippen LogP contribution in [0.15, 0.2) is 41.5 Å². The minimum atomic E-state index is 0.574. The topological polar surface area (TPSA) is 61.3 Å². The Hall–Kier alpha value is -2.89. The van der Waals surface area contributed by atoms with Crippen LogP contribution in [0, 0.1) is 0 Å². The molecular formula is C18H22N2O4. The molecule has 0 atom stereocenters. The van der Waals surface area contributed by atoms with E-state index in [0.29, 0.717) is 29.5 Å². The van der Waals surface area contributed by atoms with E-state index in [-0.39, 0.29) is 0 Å². The van der Waals surface area contributed by atoms with E-state index in [1.165, 1.54) is 0 Å². The lowest BCUT2D eigenvalue weighted by molar-refractivity contribution is 0.354. The summed E-state index contributed by atoms with van der Waals surface area (Å²) in [5.74, 6) is 2.75. The van der Waals surface area contributed by atoms with Gasteiger partial charge in [-0.25, -0.2) is 0 Å². The first-order valence-corrected chi connectivity index (χ1v) is 7.40. The molecule has 128 valence electrons. The molecule has 0 amide bonds. The summed E-state index contributed by atoms with van der Waals surface area (Å²) in [6.07, 6.45) is 1.72. The zero-order chi connectivity index (χ0) is 17.4. The van der Waals surface area contributed by atoms with Crippen LogP contribution in [-0.4, -0.2) is 34.7 Å². The number of nitrogens with zero attached hydrogens (tertiary/aromatic N) is 1. The van der Waals surface area contributed by atoms with E-state index < -0.39 is 0 Å². The summed E-state index contributed by atoms with van der Waals surface area (Å²) in [6, 6.07) is 11.4. The summed E-state index contributed by atoms with van der Waals surface area (Å²) in [5.41, 5.74) is 4.95. The summed E-state index contributed by atoms with van der Waals surface area (Å²) >= 11 is 0. The minimum absolute atomic E-state index is 0.574. The molecule has 0 aliphatic carbocycles. The molecule has 0 fully saturated rings. The summed E-state index contributed by atoms with van der Waals surface area (Å²) in [6.45, 7) is 0.574. The van der Waals surface area contributed by atoms with Gasteiger partial charge in [0.15, 0.2) is 23.0 Å². The molecule has 0 saturated carbocycles. The fraction of sp³-hybridized carbons (Fsp3) is 0.278. The second-order valence-electron chi connectivity index (χ2n) is 4.90. The van der Waals surface area contributed by atoms with Gasteiger partial charge in [-0.15, -0.1) is 0 Å². The lowest BCUT2D eigenvalue weighted by Gasteiger charge is -2.09. The molecule has 0 bridgehead atoms. The number of hydrazone groups is 1. The molecule has 0 saturated heterocycles. The number of methoxy groups -OCH3 is 4. The van der Waals surface area contributed by atoms with Gasteiger partial charge < -0.3 is 24.4 Å². The molecule has 2 aromatic carbocycles. The van der Waals surface area contributed by atoms with Gasteiger partial charge in [0.25, 0.3) is 0 Å². The number of rotatable bonds is 8. The van der Waals surface area contributed by atoms with Crippen LogP contribution in [0.4, 0.5) is 0 Å². The van der Waals surface area contributed by atoms with Crippen LogP contribution in [0.2, 0.25) is 0 Å². The maximum atomic E-state index is 5.28. The first-order chi connectivity index (χ1) is 11.7. The van der Waals surface area contributed by atoms with Gasteiger partial charge in [-0.1, -0.05) is 6.07 Å². The van der Waals surface area contributed by atoms with E-state index >= 15 is 0 Å². The van der Waals surface area contributed by atoms with E-state index in [4.69, 9.17) is 18.9 Å². The summed E-state index contributed by atoms with van der Waals surface area (Å²) in [4.78, 5) is 0. The number of ether oxygens (including phenoxy) is 4. The molecule has 1 N–H and O–H groups in total. The maximum absolute atomic E-state index is 5.28. The SMILES string of the molecule is COc1ccc(/C=N\NCc2ccc(OC)c(OC)c2)cc1OC. The molecule has 2 rings (SSSR count). The standard InChI is InChI=1S/C18H22N2O4/c1-21-15-7-5-13(9-17(15)23-3)11-19-20-12-14-6-8-16(22-2)18(10-14)24-4/h5-11,20H,12H2,1-4H3/b19-11-. The van der Waals surface area contributed by atoms with Crippen LogP contribution < -0.4 is 24.4 Å². The van der Waals surface area contributed by atoms with Crippen molar-refractivity contribution in [2.24, 2.45) is 5.10 Å². The second-order valence-corrected chi connectivity index (χ2v) is 4.90. The molecule has 0 radical (unpaired) electrons. The zero-order valence-corrected chi connectivity index (χ0v) is 14.3. The summed E-state index contributed by atoms with van der Waals surface area (Å²) in [5, 5.41) is 4.22. The highest BCUT2D eigenvalue weighted by Crippen LogP contribution is 2.28. The summed E-state index contributed by atoms with van der Waals surface area (Å²) in [7, 11) is 6.44. The van der Waals surface area contributed by atoms with E-state index in [1.807, 2.05) is 36.4 Å². The van der Waals surface area contributed by atoms with Gasteiger partial charge in [0.05, 0.1) is 41.2 Å². The number of nitrogens with one attached hydrogen (secondary N) is 1. The third-order valence-electron chi connectivity index (χ3n) is 3.44. The van der Waals surface area contributed by atoms with Gasteiger partial charge in [-0.05, 0) is 41.5 Å². The monoisotopic (exact) mass is 330 g/mol. The highest BCUT2D eigenvalue weighted by Gasteiger charge is 2.04. The van der Waals surface area contributed by atoms with Crippen molar-refractivity contribution in [2.75, 3.05) is 28.4 Å². The Labute approximate surface area is 142 Å². The van der Waals surface area contributed by atoms with E-state index in [9.17, 15) is 0 Å². The Morgan fingerprint density at radius 2 is 1.38 bits per heavy atom. The Balaban J connectivity index is 1.97. The predicted octanol–water partition coefficient (Wildman–Crippen LogP) is 2.84. The largest absolute Gasteiger partial charge is 0.493 e. The molecule has 6 nitrogen and oxygen atoms in total. The molecule has 0 heterocycles. The van der Waals surface area contributed by atoms with E-state index in [1.54, 1.807) is 34.7 Å². The Morgan fingerprint density at radius 1 is 0.792 bits per heavy atom. The van der Waals surface area contributed by atoms with Gasteiger partial charge in [0, 0.05) is 0 Å². The van der Waals surface area contributed by atoms with Crippen LogP contribution >= 0.6 is 0 Å². The van der Waals surface area contributed by atoms with Crippen molar-refractivity contribution in [2.45, 2.75) is 6.54 Å². The van der Waals surface area contributed by atoms with Gasteiger partial charge in [-0.3, -0.25) is 0 Å². The van der Waals surface area contributed by atoms with Crippen molar-refractivity contribution < 1.29 is 18.9 Å². The Bertz CT molecular complexity index is 701. The third kappa shape index (κ3) is 4.32. The zero-order valence-electron chi connectivity index (χ0n) is 14.3. The molecule has 6 heteroatoms. The van der Waals surface area contributed by atoms with Crippen LogP contribution in [0.3, 0.4) is 0 Å². The van der Waals surface area contributed by atoms with Gasteiger partial charge in [0.1, 0.15) is 0 Å². The van der Waals surface area contributed by atoms with Crippen molar-refractivity contribution in [1.29, 1.82) is 0 Å².